The fraction of sp³-hybridized carbons (Fsp3) is 0.192. The zero-order valence-electron chi connectivity index (χ0n) is 19.6. The van der Waals surface area contributed by atoms with Crippen molar-refractivity contribution in [3.05, 3.63) is 87.7 Å². The molecule has 0 aliphatic rings. The van der Waals surface area contributed by atoms with Gasteiger partial charge in [-0.2, -0.15) is 0 Å². The van der Waals surface area contributed by atoms with Crippen LogP contribution in [-0.2, 0) is 16.0 Å². The lowest BCUT2D eigenvalue weighted by Gasteiger charge is -2.25. The van der Waals surface area contributed by atoms with Crippen LogP contribution >= 0.6 is 35.4 Å². The van der Waals surface area contributed by atoms with Crippen molar-refractivity contribution in [3.8, 4) is 11.3 Å². The van der Waals surface area contributed by atoms with Crippen LogP contribution in [0.3, 0.4) is 0 Å². The number of carbonyl (C=O) groups is 2. The van der Waals surface area contributed by atoms with Crippen molar-refractivity contribution < 1.29 is 14.0 Å². The number of nitrogens with zero attached hydrogens (tertiary/aromatic N) is 1. The van der Waals surface area contributed by atoms with E-state index in [1.54, 1.807) is 37.4 Å². The van der Waals surface area contributed by atoms with Crippen molar-refractivity contribution in [2.24, 2.45) is 0 Å². The second kappa shape index (κ2) is 14.4. The molecule has 2 N–H and O–H groups in total. The van der Waals surface area contributed by atoms with Gasteiger partial charge in [-0.25, -0.2) is 0 Å². The molecule has 9 heteroatoms. The highest BCUT2D eigenvalue weighted by molar-refractivity contribution is 7.78. The van der Waals surface area contributed by atoms with Gasteiger partial charge < -0.3 is 24.7 Å². The summed E-state index contributed by atoms with van der Waals surface area (Å²) in [6.45, 7) is 0. The number of nitrogens with one attached hydrogen (secondary N) is 2. The molecule has 1 unspecified atom stereocenters. The van der Waals surface area contributed by atoms with E-state index < -0.39 is 11.9 Å². The molecule has 0 bridgehead atoms. The summed E-state index contributed by atoms with van der Waals surface area (Å²) in [7, 11) is 5.33. The Morgan fingerprint density at radius 2 is 1.77 bits per heavy atom. The molecule has 3 rings (SSSR count). The highest BCUT2D eigenvalue weighted by Gasteiger charge is 2.23. The number of benzene rings is 2. The van der Waals surface area contributed by atoms with Crippen molar-refractivity contribution in [1.82, 2.24) is 15.5 Å². The number of aldehydes is 1. The van der Waals surface area contributed by atoms with Gasteiger partial charge in [0.2, 0.25) is 0 Å². The van der Waals surface area contributed by atoms with Crippen LogP contribution in [0.5, 0.6) is 0 Å². The third kappa shape index (κ3) is 8.33. The average molecular weight is 532 g/mol. The smallest absolute Gasteiger partial charge is 0.270 e. The molecule has 6 nitrogen and oxygen atoms in total. The summed E-state index contributed by atoms with van der Waals surface area (Å²) in [5, 5.41) is 6.38. The van der Waals surface area contributed by atoms with E-state index in [0.717, 1.165) is 17.4 Å². The minimum atomic E-state index is -0.636. The molecule has 0 aliphatic carbocycles. The Balaban J connectivity index is 0.00000137. The number of furan rings is 1. The molecular formula is C26H27Cl2N3O3S. The van der Waals surface area contributed by atoms with Gasteiger partial charge in [-0.3, -0.25) is 4.79 Å². The SMILES string of the molecule is CN(C(=O)/C(=C\c1ccc(-c2ccc(Cl)c(Cl)c2)o1)NC=S)C(C=O)Cc1ccccc1.CNC. The molecular weight excluding hydrogens is 505 g/mol. The normalized spacial score (nSPS) is 11.6. The van der Waals surface area contributed by atoms with E-state index in [4.69, 9.17) is 39.8 Å². The topological polar surface area (TPSA) is 74.6 Å². The maximum absolute atomic E-state index is 13.1. The van der Waals surface area contributed by atoms with Crippen LogP contribution in [0, 0.1) is 0 Å². The summed E-state index contributed by atoms with van der Waals surface area (Å²) in [5.41, 5.74) is 3.11. The molecule has 0 saturated heterocycles. The third-order valence-electron chi connectivity index (χ3n) is 4.82. The van der Waals surface area contributed by atoms with E-state index in [-0.39, 0.29) is 5.70 Å². The van der Waals surface area contributed by atoms with Gasteiger partial charge in [0.05, 0.1) is 21.6 Å². The number of thiocarbonyl (C=S) groups is 1. The molecule has 1 atom stereocenters. The van der Waals surface area contributed by atoms with Crippen LogP contribution in [0.25, 0.3) is 17.4 Å². The molecule has 0 aliphatic heterocycles. The van der Waals surface area contributed by atoms with Crippen LogP contribution in [0.2, 0.25) is 10.0 Å². The first-order valence-electron chi connectivity index (χ1n) is 10.7. The quantitative estimate of drug-likeness (QED) is 0.223. The lowest BCUT2D eigenvalue weighted by Crippen LogP contribution is -2.42. The van der Waals surface area contributed by atoms with Crippen LogP contribution in [0.4, 0.5) is 0 Å². The summed E-state index contributed by atoms with van der Waals surface area (Å²) in [6.07, 6.45) is 2.70. The highest BCUT2D eigenvalue weighted by Crippen LogP contribution is 2.30. The van der Waals surface area contributed by atoms with Gasteiger partial charge in [0, 0.05) is 18.7 Å². The van der Waals surface area contributed by atoms with Crippen molar-refractivity contribution in [1.29, 1.82) is 0 Å². The first kappa shape index (κ1) is 28.3. The zero-order valence-corrected chi connectivity index (χ0v) is 22.0. The maximum atomic E-state index is 13.1. The second-order valence-corrected chi connectivity index (χ2v) is 8.51. The van der Waals surface area contributed by atoms with Crippen LogP contribution in [0.15, 0.2) is 70.8 Å². The molecule has 0 spiro atoms. The Morgan fingerprint density at radius 3 is 2.37 bits per heavy atom. The van der Waals surface area contributed by atoms with E-state index in [0.29, 0.717) is 28.0 Å². The summed E-state index contributed by atoms with van der Waals surface area (Å²) in [4.78, 5) is 26.2. The largest absolute Gasteiger partial charge is 0.457 e. The first-order valence-corrected chi connectivity index (χ1v) is 11.9. The Kier molecular flexibility index (Phi) is 11.7. The molecule has 3 aromatic rings. The molecule has 0 fully saturated rings. The van der Waals surface area contributed by atoms with Crippen molar-refractivity contribution >= 4 is 59.2 Å². The molecule has 1 aromatic heterocycles. The second-order valence-electron chi connectivity index (χ2n) is 7.46. The molecule has 1 heterocycles. The highest BCUT2D eigenvalue weighted by atomic mass is 35.5. The van der Waals surface area contributed by atoms with Gasteiger partial charge in [0.25, 0.3) is 5.91 Å². The summed E-state index contributed by atoms with van der Waals surface area (Å²) in [6, 6.07) is 17.5. The van der Waals surface area contributed by atoms with Gasteiger partial charge in [0.1, 0.15) is 23.5 Å². The molecule has 0 saturated carbocycles. The lowest BCUT2D eigenvalue weighted by atomic mass is 10.1. The number of rotatable bonds is 9. The molecule has 2 aromatic carbocycles. The Labute approximate surface area is 220 Å². The lowest BCUT2D eigenvalue weighted by molar-refractivity contribution is -0.131. The first-order chi connectivity index (χ1) is 16.8. The standard InChI is InChI=1S/C24H20Cl2N2O3S.C2H7N/c1-28(18(14-29)11-16-5-3-2-4-6-16)24(30)22(27-15-32)13-19-8-10-23(31-19)17-7-9-20(25)21(26)12-17;1-3-2/h2-10,12-15,18H,11H2,1H3,(H,27,32);3H,1-2H3/b22-13+;. The number of hydrogen-bond donors (Lipinski definition) is 2. The maximum Gasteiger partial charge on any atom is 0.270 e. The average Bonchev–Trinajstić information content (AvgIpc) is 3.33. The van der Waals surface area contributed by atoms with Gasteiger partial charge >= 0.3 is 0 Å². The van der Waals surface area contributed by atoms with Gasteiger partial charge in [-0.05, 0) is 56.4 Å². The molecule has 1 amide bonds. The predicted octanol–water partition coefficient (Wildman–Crippen LogP) is 5.25. The van der Waals surface area contributed by atoms with Crippen LogP contribution in [0.1, 0.15) is 11.3 Å². The Bertz CT molecular complexity index is 1170. The van der Waals surface area contributed by atoms with Crippen molar-refractivity contribution in [3.63, 3.8) is 0 Å². The minimum Gasteiger partial charge on any atom is -0.457 e. The van der Waals surface area contributed by atoms with Crippen LogP contribution in [-0.4, -0.2) is 49.8 Å². The van der Waals surface area contributed by atoms with Crippen molar-refractivity contribution in [2.75, 3.05) is 21.1 Å². The zero-order chi connectivity index (χ0) is 25.8. The monoisotopic (exact) mass is 531 g/mol. The fourth-order valence-electron chi connectivity index (χ4n) is 3.08. The molecule has 184 valence electrons. The number of carbonyl (C=O) groups excluding carboxylic acids is 2. The summed E-state index contributed by atoms with van der Waals surface area (Å²) in [5.74, 6) is 0.594. The van der Waals surface area contributed by atoms with E-state index in [1.165, 1.54) is 16.5 Å². The van der Waals surface area contributed by atoms with Gasteiger partial charge in [-0.15, -0.1) is 0 Å². The van der Waals surface area contributed by atoms with E-state index in [9.17, 15) is 9.59 Å². The van der Waals surface area contributed by atoms with Crippen molar-refractivity contribution in [2.45, 2.75) is 12.5 Å². The Hall–Kier alpha value is -2.97. The summed E-state index contributed by atoms with van der Waals surface area (Å²) >= 11 is 16.9. The Morgan fingerprint density at radius 1 is 1.09 bits per heavy atom. The molecule has 35 heavy (non-hydrogen) atoms. The van der Waals surface area contributed by atoms with E-state index in [2.05, 4.69) is 10.6 Å². The number of halogens is 2. The summed E-state index contributed by atoms with van der Waals surface area (Å²) < 4.78 is 5.85. The fourth-order valence-corrected chi connectivity index (χ4v) is 3.50. The van der Waals surface area contributed by atoms with E-state index in [1.807, 2.05) is 44.4 Å². The van der Waals surface area contributed by atoms with Crippen LogP contribution < -0.4 is 10.6 Å². The van der Waals surface area contributed by atoms with Gasteiger partial charge in [-0.1, -0.05) is 65.8 Å². The predicted molar refractivity (Wildman–Crippen MR) is 147 cm³/mol. The number of hydrogen-bond acceptors (Lipinski definition) is 5. The van der Waals surface area contributed by atoms with E-state index >= 15 is 0 Å². The minimum absolute atomic E-state index is 0.178. The number of amides is 1. The van der Waals surface area contributed by atoms with Gasteiger partial charge in [0.15, 0.2) is 0 Å². The third-order valence-corrected chi connectivity index (χ3v) is 5.68. The molecule has 0 radical (unpaired) electrons. The number of likely N-dealkylation sites (N-methyl/N-ethyl adjacent to an activating group) is 1.